The number of carbonyl (C=O) groups is 1. The van der Waals surface area contributed by atoms with Gasteiger partial charge in [0.1, 0.15) is 17.1 Å². The van der Waals surface area contributed by atoms with Gasteiger partial charge in [-0.3, -0.25) is 0 Å². The van der Waals surface area contributed by atoms with Gasteiger partial charge >= 0.3 is 5.97 Å². The zero-order valence-corrected chi connectivity index (χ0v) is 27.6. The lowest BCUT2D eigenvalue weighted by molar-refractivity contribution is -0.272. The Morgan fingerprint density at radius 1 is 1.07 bits per heavy atom. The van der Waals surface area contributed by atoms with Crippen LogP contribution in [0.4, 0.5) is 0 Å². The lowest BCUT2D eigenvalue weighted by Crippen LogP contribution is -2.50. The van der Waals surface area contributed by atoms with Crippen molar-refractivity contribution in [1.29, 1.82) is 0 Å². The van der Waals surface area contributed by atoms with E-state index in [0.29, 0.717) is 46.2 Å². The fraction of sp³-hybridized carbons (Fsp3) is 0.757. The van der Waals surface area contributed by atoms with Gasteiger partial charge in [-0.15, -0.1) is 0 Å². The Labute approximate surface area is 263 Å². The number of ether oxygens (including phenoxy) is 3. The summed E-state index contributed by atoms with van der Waals surface area (Å²) in [6.45, 7) is 14.3. The number of phenolic OH excluding ortho intramolecular Hbond substituents is 2. The molecule has 0 bridgehead atoms. The number of aromatic hydroxyl groups is 2. The molecule has 44 heavy (non-hydrogen) atoms. The van der Waals surface area contributed by atoms with E-state index in [1.54, 1.807) is 19.4 Å². The fourth-order valence-corrected chi connectivity index (χ4v) is 10.7. The smallest absolute Gasteiger partial charge is 0.342 e. The van der Waals surface area contributed by atoms with E-state index in [1.807, 2.05) is 0 Å². The number of hydrogen-bond acceptors (Lipinski definition) is 7. The lowest BCUT2D eigenvalue weighted by Gasteiger charge is -2.57. The van der Waals surface area contributed by atoms with E-state index in [1.165, 1.54) is 44.6 Å². The van der Waals surface area contributed by atoms with Gasteiger partial charge in [0.2, 0.25) is 0 Å². The monoisotopic (exact) mass is 610 g/mol. The molecule has 5 fully saturated rings. The van der Waals surface area contributed by atoms with Crippen LogP contribution in [-0.4, -0.2) is 52.5 Å². The largest absolute Gasteiger partial charge is 0.508 e. The van der Waals surface area contributed by atoms with Gasteiger partial charge < -0.3 is 29.5 Å². The number of aliphatic hydroxyl groups excluding tert-OH is 1. The summed E-state index contributed by atoms with van der Waals surface area (Å²) < 4.78 is 18.1. The minimum absolute atomic E-state index is 0.0661. The van der Waals surface area contributed by atoms with Gasteiger partial charge in [-0.2, -0.15) is 0 Å². The quantitative estimate of drug-likeness (QED) is 0.238. The number of aliphatic hydroxyl groups is 1. The van der Waals surface area contributed by atoms with Crippen molar-refractivity contribution >= 4 is 5.97 Å². The molecule has 3 saturated carbocycles. The Morgan fingerprint density at radius 2 is 1.84 bits per heavy atom. The first-order valence-corrected chi connectivity index (χ1v) is 17.2. The van der Waals surface area contributed by atoms with Crippen molar-refractivity contribution in [1.82, 2.24) is 0 Å². The second-order valence-corrected chi connectivity index (χ2v) is 15.6. The minimum Gasteiger partial charge on any atom is -0.508 e. The fourth-order valence-electron chi connectivity index (χ4n) is 10.7. The molecule has 7 heteroatoms. The standard InChI is InChI=1S/C27H42O3.C10H12O4/c1-16-7-12-27(29-15-16)17(2)24-23(30-27)14-22-20-6-5-18-13-19(28)8-10-25(18,3)21(20)9-11-26(22,24)4;1-3-14-10(13)9-6(2)4-7(11)5-8(9)12/h9,16-20,22-24,28H,5-8,10-15H2,1-4H3;4-5,11-12H,3H2,1-2H3. The summed E-state index contributed by atoms with van der Waals surface area (Å²) in [4.78, 5) is 11.3. The first-order valence-electron chi connectivity index (χ1n) is 17.2. The normalized spacial score (nSPS) is 43.9. The van der Waals surface area contributed by atoms with Crippen molar-refractivity contribution in [3.63, 3.8) is 0 Å². The Morgan fingerprint density at radius 3 is 2.52 bits per heavy atom. The number of rotatable bonds is 2. The van der Waals surface area contributed by atoms with E-state index in [0.717, 1.165) is 43.8 Å². The number of hydrogen-bond donors (Lipinski definition) is 3. The summed E-state index contributed by atoms with van der Waals surface area (Å²) in [5.74, 6) is 2.76. The molecule has 1 aromatic rings. The second-order valence-electron chi connectivity index (χ2n) is 15.6. The molecule has 11 atom stereocenters. The van der Waals surface area contributed by atoms with Gasteiger partial charge in [-0.1, -0.05) is 39.3 Å². The molecule has 2 saturated heterocycles. The highest BCUT2D eigenvalue weighted by molar-refractivity contribution is 5.94. The average Bonchev–Trinajstić information content (AvgIpc) is 3.40. The van der Waals surface area contributed by atoms with Gasteiger partial charge in [0.25, 0.3) is 0 Å². The highest BCUT2D eigenvalue weighted by Gasteiger charge is 2.67. The van der Waals surface area contributed by atoms with E-state index in [4.69, 9.17) is 19.3 Å². The number of carbonyl (C=O) groups excluding carboxylic acids is 1. The molecule has 0 aromatic heterocycles. The lowest BCUT2D eigenvalue weighted by atomic mass is 9.48. The highest BCUT2D eigenvalue weighted by atomic mass is 16.7. The van der Waals surface area contributed by atoms with Crippen molar-refractivity contribution in [2.45, 2.75) is 117 Å². The Kier molecular flexibility index (Phi) is 8.41. The Hall–Kier alpha value is -2.09. The van der Waals surface area contributed by atoms with Crippen LogP contribution in [0.15, 0.2) is 23.8 Å². The van der Waals surface area contributed by atoms with Crippen LogP contribution in [-0.2, 0) is 14.2 Å². The van der Waals surface area contributed by atoms with E-state index in [2.05, 4.69) is 33.8 Å². The molecule has 0 amide bonds. The van der Waals surface area contributed by atoms with E-state index >= 15 is 0 Å². The predicted octanol–water partition coefficient (Wildman–Crippen LogP) is 7.30. The number of esters is 1. The van der Waals surface area contributed by atoms with Crippen LogP contribution in [0.5, 0.6) is 11.5 Å². The Bertz CT molecular complexity index is 1260. The molecule has 7 rings (SSSR count). The van der Waals surface area contributed by atoms with Crippen molar-refractivity contribution in [3.8, 4) is 11.5 Å². The maximum atomic E-state index is 11.3. The van der Waals surface area contributed by atoms with Gasteiger partial charge in [0.05, 0.1) is 25.4 Å². The molecule has 2 aliphatic heterocycles. The number of allylic oxidation sites excluding steroid dienone is 2. The van der Waals surface area contributed by atoms with E-state index < -0.39 is 5.97 Å². The van der Waals surface area contributed by atoms with Crippen molar-refractivity contribution in [3.05, 3.63) is 34.9 Å². The molecule has 4 aliphatic carbocycles. The zero-order valence-electron chi connectivity index (χ0n) is 27.6. The van der Waals surface area contributed by atoms with Crippen LogP contribution in [0.1, 0.15) is 108 Å². The van der Waals surface area contributed by atoms with Gasteiger partial charge in [-0.25, -0.2) is 4.79 Å². The van der Waals surface area contributed by atoms with Crippen molar-refractivity contribution < 1.29 is 34.3 Å². The molecule has 0 radical (unpaired) electrons. The molecule has 7 nitrogen and oxygen atoms in total. The van der Waals surface area contributed by atoms with Gasteiger partial charge in [-0.05, 0) is 117 Å². The Balaban J connectivity index is 0.000000208. The van der Waals surface area contributed by atoms with Crippen molar-refractivity contribution in [2.75, 3.05) is 13.2 Å². The van der Waals surface area contributed by atoms with Crippen LogP contribution >= 0.6 is 0 Å². The first kappa shape index (κ1) is 31.9. The van der Waals surface area contributed by atoms with Crippen LogP contribution in [0, 0.1) is 53.3 Å². The molecule has 244 valence electrons. The number of phenols is 2. The second kappa shape index (κ2) is 11.6. The number of benzene rings is 1. The van der Waals surface area contributed by atoms with E-state index in [-0.39, 0.29) is 35.6 Å². The van der Waals surface area contributed by atoms with Crippen molar-refractivity contribution in [2.24, 2.45) is 46.3 Å². The summed E-state index contributed by atoms with van der Waals surface area (Å²) in [7, 11) is 0. The molecule has 1 aromatic carbocycles. The molecular weight excluding hydrogens is 556 g/mol. The summed E-state index contributed by atoms with van der Waals surface area (Å²) in [6.07, 6.45) is 13.6. The first-order chi connectivity index (χ1) is 20.8. The molecular formula is C37H54O7. The minimum atomic E-state index is -0.581. The summed E-state index contributed by atoms with van der Waals surface area (Å²) in [6, 6.07) is 2.51. The zero-order chi connectivity index (χ0) is 31.6. The summed E-state index contributed by atoms with van der Waals surface area (Å²) >= 11 is 0. The predicted molar refractivity (Wildman–Crippen MR) is 168 cm³/mol. The molecule has 11 unspecified atom stereocenters. The SMILES string of the molecule is CC1CCC2(OC1)OC1CC3C4CCC5CC(O)CCC5(C)C4=CCC3(C)C1C2C.CCOC(=O)c1c(C)cc(O)cc1O. The molecule has 3 N–H and O–H groups in total. The van der Waals surface area contributed by atoms with E-state index in [9.17, 15) is 15.0 Å². The number of aryl methyl sites for hydroxylation is 1. The highest BCUT2D eigenvalue weighted by Crippen LogP contribution is 2.69. The molecule has 6 aliphatic rings. The summed E-state index contributed by atoms with van der Waals surface area (Å²) in [5.41, 5.74) is 3.05. The molecule has 2 heterocycles. The average molecular weight is 611 g/mol. The van der Waals surface area contributed by atoms with Gasteiger partial charge in [0.15, 0.2) is 5.79 Å². The maximum Gasteiger partial charge on any atom is 0.342 e. The third-order valence-corrected chi connectivity index (χ3v) is 13.0. The maximum absolute atomic E-state index is 11.3. The van der Waals surface area contributed by atoms with Crippen LogP contribution in [0.2, 0.25) is 0 Å². The van der Waals surface area contributed by atoms with Crippen LogP contribution in [0.25, 0.3) is 0 Å². The third-order valence-electron chi connectivity index (χ3n) is 13.0. The third kappa shape index (κ3) is 5.09. The van der Waals surface area contributed by atoms with Crippen LogP contribution in [0.3, 0.4) is 0 Å². The number of fused-ring (bicyclic) bond motifs is 7. The van der Waals surface area contributed by atoms with Crippen LogP contribution < -0.4 is 0 Å². The summed E-state index contributed by atoms with van der Waals surface area (Å²) in [5, 5.41) is 28.8. The van der Waals surface area contributed by atoms with Gasteiger partial charge in [0, 0.05) is 18.4 Å². The molecule has 1 spiro atoms. The topological polar surface area (TPSA) is 105 Å².